The van der Waals surface area contributed by atoms with Gasteiger partial charge in [0.2, 0.25) is 5.91 Å². The van der Waals surface area contributed by atoms with Gasteiger partial charge in [-0.1, -0.05) is 19.1 Å². The van der Waals surface area contributed by atoms with Crippen LogP contribution >= 0.6 is 0 Å². The Morgan fingerprint density at radius 3 is 2.85 bits per heavy atom. The third kappa shape index (κ3) is 3.63. The summed E-state index contributed by atoms with van der Waals surface area (Å²) in [6, 6.07) is 11.6. The standard InChI is InChI=1S/C22H23NO4/c1-14-11-18(14)19-9-7-17(26-19)13-23(2)21(24)10-8-16-12-15-5-4-6-20(25-3)22(15)27-16/h4-10,12,14,18H,11,13H2,1-3H3/b10-8+/t14-,18-/m0/s1. The summed E-state index contributed by atoms with van der Waals surface area (Å²) in [5.74, 6) is 4.26. The molecule has 0 unspecified atom stereocenters. The van der Waals surface area contributed by atoms with Crippen molar-refractivity contribution in [1.29, 1.82) is 0 Å². The molecule has 0 bridgehead atoms. The summed E-state index contributed by atoms with van der Waals surface area (Å²) in [7, 11) is 3.37. The Kier molecular flexibility index (Phi) is 4.52. The van der Waals surface area contributed by atoms with Gasteiger partial charge in [0.05, 0.1) is 13.7 Å². The fraction of sp³-hybridized carbons (Fsp3) is 0.318. The number of benzene rings is 1. The van der Waals surface area contributed by atoms with E-state index in [1.807, 2.05) is 36.4 Å². The van der Waals surface area contributed by atoms with Crippen LogP contribution in [0.4, 0.5) is 0 Å². The van der Waals surface area contributed by atoms with Gasteiger partial charge in [0.15, 0.2) is 11.3 Å². The summed E-state index contributed by atoms with van der Waals surface area (Å²) in [4.78, 5) is 14.0. The average Bonchev–Trinajstić information content (AvgIpc) is 3.07. The lowest BCUT2D eigenvalue weighted by molar-refractivity contribution is -0.125. The number of ether oxygens (including phenoxy) is 1. The average molecular weight is 365 g/mol. The van der Waals surface area contributed by atoms with Crippen LogP contribution in [0.1, 0.15) is 36.5 Å². The number of carbonyl (C=O) groups is 1. The first kappa shape index (κ1) is 17.5. The van der Waals surface area contributed by atoms with Crippen LogP contribution in [0.15, 0.2) is 51.3 Å². The number of fused-ring (bicyclic) bond motifs is 1. The van der Waals surface area contributed by atoms with Crippen molar-refractivity contribution < 1.29 is 18.4 Å². The number of rotatable bonds is 6. The lowest BCUT2D eigenvalue weighted by Gasteiger charge is -2.12. The van der Waals surface area contributed by atoms with E-state index in [2.05, 4.69) is 6.92 Å². The lowest BCUT2D eigenvalue weighted by Crippen LogP contribution is -2.23. The molecule has 1 fully saturated rings. The number of amides is 1. The van der Waals surface area contributed by atoms with Crippen molar-refractivity contribution in [2.45, 2.75) is 25.8 Å². The summed E-state index contributed by atoms with van der Waals surface area (Å²) in [6.07, 6.45) is 4.38. The second kappa shape index (κ2) is 6.99. The van der Waals surface area contributed by atoms with E-state index in [9.17, 15) is 4.79 Å². The van der Waals surface area contributed by atoms with Gasteiger partial charge in [0.1, 0.15) is 17.3 Å². The molecule has 1 aliphatic rings. The van der Waals surface area contributed by atoms with Gasteiger partial charge in [0.25, 0.3) is 0 Å². The van der Waals surface area contributed by atoms with Crippen molar-refractivity contribution in [3.63, 3.8) is 0 Å². The number of para-hydroxylation sites is 1. The molecular weight excluding hydrogens is 342 g/mol. The number of methoxy groups -OCH3 is 1. The van der Waals surface area contributed by atoms with Crippen molar-refractivity contribution in [2.24, 2.45) is 5.92 Å². The maximum absolute atomic E-state index is 12.4. The van der Waals surface area contributed by atoms with Gasteiger partial charge < -0.3 is 18.5 Å². The van der Waals surface area contributed by atoms with Crippen molar-refractivity contribution >= 4 is 23.0 Å². The highest BCUT2D eigenvalue weighted by Gasteiger charge is 2.36. The Morgan fingerprint density at radius 2 is 2.11 bits per heavy atom. The van der Waals surface area contributed by atoms with Crippen LogP contribution in [0.2, 0.25) is 0 Å². The van der Waals surface area contributed by atoms with Crippen molar-refractivity contribution in [1.82, 2.24) is 4.90 Å². The number of likely N-dealkylation sites (N-methyl/N-ethyl adjacent to an activating group) is 1. The SMILES string of the molecule is COc1cccc2cc(/C=C/C(=O)N(C)Cc3ccc([C@H]4C[C@@H]4C)o3)oc12. The Hall–Kier alpha value is -2.95. The third-order valence-electron chi connectivity index (χ3n) is 5.06. The minimum Gasteiger partial charge on any atom is -0.493 e. The first-order valence-corrected chi connectivity index (χ1v) is 9.13. The monoisotopic (exact) mass is 365 g/mol. The predicted molar refractivity (Wildman–Crippen MR) is 104 cm³/mol. The van der Waals surface area contributed by atoms with Crippen molar-refractivity contribution in [3.8, 4) is 5.75 Å². The number of nitrogens with zero attached hydrogens (tertiary/aromatic N) is 1. The number of hydrogen-bond acceptors (Lipinski definition) is 4. The molecule has 5 heteroatoms. The molecule has 2 aromatic heterocycles. The largest absolute Gasteiger partial charge is 0.493 e. The van der Waals surface area contributed by atoms with Crippen LogP contribution in [0, 0.1) is 5.92 Å². The normalized spacial score (nSPS) is 18.9. The number of carbonyl (C=O) groups excluding carboxylic acids is 1. The molecule has 1 aliphatic carbocycles. The molecule has 2 heterocycles. The molecule has 0 aliphatic heterocycles. The predicted octanol–water partition coefficient (Wildman–Crippen LogP) is 4.83. The molecule has 5 nitrogen and oxygen atoms in total. The number of furan rings is 2. The number of hydrogen-bond donors (Lipinski definition) is 0. The summed E-state index contributed by atoms with van der Waals surface area (Å²) in [6.45, 7) is 2.67. The fourth-order valence-electron chi connectivity index (χ4n) is 3.29. The smallest absolute Gasteiger partial charge is 0.246 e. The van der Waals surface area contributed by atoms with Gasteiger partial charge in [0, 0.05) is 24.4 Å². The Labute approximate surface area is 158 Å². The van der Waals surface area contributed by atoms with Gasteiger partial charge in [-0.05, 0) is 42.7 Å². The zero-order valence-electron chi connectivity index (χ0n) is 15.8. The van der Waals surface area contributed by atoms with E-state index in [1.54, 1.807) is 25.1 Å². The molecule has 140 valence electrons. The molecule has 0 N–H and O–H groups in total. The zero-order valence-corrected chi connectivity index (χ0v) is 15.8. The van der Waals surface area contributed by atoms with Gasteiger partial charge in [-0.15, -0.1) is 0 Å². The molecule has 27 heavy (non-hydrogen) atoms. The van der Waals surface area contributed by atoms with E-state index >= 15 is 0 Å². The topological polar surface area (TPSA) is 55.8 Å². The molecule has 4 rings (SSSR count). The summed E-state index contributed by atoms with van der Waals surface area (Å²) >= 11 is 0. The van der Waals surface area contributed by atoms with Crippen molar-refractivity contribution in [3.05, 3.63) is 59.8 Å². The van der Waals surface area contributed by atoms with E-state index in [0.717, 1.165) is 16.9 Å². The fourth-order valence-corrected chi connectivity index (χ4v) is 3.29. The van der Waals surface area contributed by atoms with E-state index < -0.39 is 0 Å². The molecule has 1 amide bonds. The maximum atomic E-state index is 12.4. The van der Waals surface area contributed by atoms with Crippen LogP contribution < -0.4 is 4.74 Å². The van der Waals surface area contributed by atoms with E-state index in [4.69, 9.17) is 13.6 Å². The highest BCUT2D eigenvalue weighted by molar-refractivity contribution is 5.92. The van der Waals surface area contributed by atoms with Gasteiger partial charge >= 0.3 is 0 Å². The first-order valence-electron chi connectivity index (χ1n) is 9.13. The minimum absolute atomic E-state index is 0.111. The van der Waals surface area contributed by atoms with Gasteiger partial charge in [-0.2, -0.15) is 0 Å². The second-order valence-corrected chi connectivity index (χ2v) is 7.18. The molecule has 1 aromatic carbocycles. The first-order chi connectivity index (χ1) is 13.0. The van der Waals surface area contributed by atoms with E-state index in [1.165, 1.54) is 12.5 Å². The Bertz CT molecular complexity index is 997. The molecule has 0 saturated heterocycles. The minimum atomic E-state index is -0.111. The summed E-state index contributed by atoms with van der Waals surface area (Å²) < 4.78 is 17.0. The molecule has 0 radical (unpaired) electrons. The van der Waals surface area contributed by atoms with Crippen LogP contribution in [-0.2, 0) is 11.3 Å². The Balaban J connectivity index is 1.41. The zero-order chi connectivity index (χ0) is 19.0. The molecule has 1 saturated carbocycles. The van der Waals surface area contributed by atoms with Gasteiger partial charge in [-0.25, -0.2) is 0 Å². The van der Waals surface area contributed by atoms with Crippen molar-refractivity contribution in [2.75, 3.05) is 14.2 Å². The molecule has 0 spiro atoms. The maximum Gasteiger partial charge on any atom is 0.246 e. The second-order valence-electron chi connectivity index (χ2n) is 7.18. The highest BCUT2D eigenvalue weighted by Crippen LogP contribution is 2.47. The molecule has 3 aromatic rings. The van der Waals surface area contributed by atoms with Crippen LogP contribution in [0.3, 0.4) is 0 Å². The summed E-state index contributed by atoms with van der Waals surface area (Å²) in [5.41, 5.74) is 0.679. The molecular formula is C22H23NO4. The van der Waals surface area contributed by atoms with Gasteiger partial charge in [-0.3, -0.25) is 4.79 Å². The van der Waals surface area contributed by atoms with Crippen LogP contribution in [0.5, 0.6) is 5.75 Å². The quantitative estimate of drug-likeness (QED) is 0.587. The van der Waals surface area contributed by atoms with E-state index in [-0.39, 0.29) is 5.91 Å². The van der Waals surface area contributed by atoms with Crippen LogP contribution in [0.25, 0.3) is 17.0 Å². The summed E-state index contributed by atoms with van der Waals surface area (Å²) in [5, 5.41) is 0.937. The Morgan fingerprint density at radius 1 is 1.30 bits per heavy atom. The van der Waals surface area contributed by atoms with E-state index in [0.29, 0.717) is 35.5 Å². The third-order valence-corrected chi connectivity index (χ3v) is 5.06. The van der Waals surface area contributed by atoms with Crippen LogP contribution in [-0.4, -0.2) is 25.0 Å². The lowest BCUT2D eigenvalue weighted by atomic mass is 10.2. The molecule has 2 atom stereocenters. The highest BCUT2D eigenvalue weighted by atomic mass is 16.5.